The first-order valence-corrected chi connectivity index (χ1v) is 7.14. The van der Waals surface area contributed by atoms with Crippen molar-refractivity contribution in [3.63, 3.8) is 0 Å². The summed E-state index contributed by atoms with van der Waals surface area (Å²) in [5.74, 6) is -1.56. The Labute approximate surface area is 138 Å². The lowest BCUT2D eigenvalue weighted by Crippen LogP contribution is -2.08. The minimum atomic E-state index is -1.32. The van der Waals surface area contributed by atoms with Crippen LogP contribution in [0.15, 0.2) is 60.7 Å². The molecule has 0 amide bonds. The highest BCUT2D eigenvalue weighted by molar-refractivity contribution is 6.01. The minimum Gasteiger partial charge on any atom is -0.490 e. The average molecular weight is 328 g/mol. The summed E-state index contributed by atoms with van der Waals surface area (Å²) in [6, 6.07) is 13.2. The zero-order valence-corrected chi connectivity index (χ0v) is 12.7. The highest BCUT2D eigenvalue weighted by Gasteiger charge is 2.16. The van der Waals surface area contributed by atoms with Gasteiger partial charge in [0.05, 0.1) is 11.1 Å². The van der Waals surface area contributed by atoms with E-state index in [1.807, 2.05) is 30.3 Å². The molecule has 2 rings (SSSR count). The summed E-state index contributed by atoms with van der Waals surface area (Å²) in [6.45, 7) is 0.593. The summed E-state index contributed by atoms with van der Waals surface area (Å²) in [5.41, 5.74) is -0.585. The third kappa shape index (κ3) is 4.88. The predicted molar refractivity (Wildman–Crippen MR) is 86.9 cm³/mol. The molecule has 0 spiro atoms. The number of rotatable bonds is 8. The van der Waals surface area contributed by atoms with E-state index in [4.69, 9.17) is 19.7 Å². The van der Waals surface area contributed by atoms with Crippen LogP contribution in [0.5, 0.6) is 11.5 Å². The van der Waals surface area contributed by atoms with E-state index in [0.717, 1.165) is 5.75 Å². The largest absolute Gasteiger partial charge is 0.490 e. The van der Waals surface area contributed by atoms with Crippen LogP contribution >= 0.6 is 0 Å². The molecule has 2 aromatic rings. The molecule has 0 fully saturated rings. The Balaban J connectivity index is 1.86. The molecular formula is C18H16O6. The second-order valence-corrected chi connectivity index (χ2v) is 4.72. The van der Waals surface area contributed by atoms with Gasteiger partial charge in [0, 0.05) is 0 Å². The number of carboxylic acids is 2. The number of hydrogen-bond donors (Lipinski definition) is 2. The molecule has 0 unspecified atom stereocenters. The second-order valence-electron chi connectivity index (χ2n) is 4.72. The normalized spacial score (nSPS) is 10.5. The van der Waals surface area contributed by atoms with Crippen molar-refractivity contribution in [3.05, 3.63) is 71.8 Å². The van der Waals surface area contributed by atoms with Gasteiger partial charge in [-0.2, -0.15) is 0 Å². The summed E-state index contributed by atoms with van der Waals surface area (Å²) in [7, 11) is 0. The molecule has 2 aromatic carbocycles. The lowest BCUT2D eigenvalue weighted by Gasteiger charge is -2.07. The second kappa shape index (κ2) is 8.38. The lowest BCUT2D eigenvalue weighted by atomic mass is 10.1. The Bertz CT molecular complexity index is 736. The number of ether oxygens (including phenoxy) is 2. The molecule has 0 heterocycles. The van der Waals surface area contributed by atoms with Crippen LogP contribution in [0.3, 0.4) is 0 Å². The molecule has 0 atom stereocenters. The topological polar surface area (TPSA) is 93.1 Å². The van der Waals surface area contributed by atoms with Gasteiger partial charge in [-0.1, -0.05) is 18.2 Å². The Morgan fingerprint density at radius 1 is 0.792 bits per heavy atom. The summed E-state index contributed by atoms with van der Waals surface area (Å²) >= 11 is 0. The highest BCUT2D eigenvalue weighted by atomic mass is 16.5. The van der Waals surface area contributed by atoms with Crippen molar-refractivity contribution in [2.75, 3.05) is 13.2 Å². The third-order valence-corrected chi connectivity index (χ3v) is 3.05. The average Bonchev–Trinajstić information content (AvgIpc) is 2.58. The van der Waals surface area contributed by atoms with Crippen molar-refractivity contribution in [1.82, 2.24) is 0 Å². The van der Waals surface area contributed by atoms with Crippen LogP contribution in [0.1, 0.15) is 20.7 Å². The first-order chi connectivity index (χ1) is 11.6. The van der Waals surface area contributed by atoms with Crippen molar-refractivity contribution in [1.29, 1.82) is 0 Å². The van der Waals surface area contributed by atoms with Gasteiger partial charge in [0.1, 0.15) is 24.7 Å². The lowest BCUT2D eigenvalue weighted by molar-refractivity contribution is 0.0651. The van der Waals surface area contributed by atoms with Crippen LogP contribution in [0, 0.1) is 0 Å². The number of hydrogen-bond acceptors (Lipinski definition) is 4. The molecule has 0 aromatic heterocycles. The Hall–Kier alpha value is -3.28. The number of para-hydroxylation sites is 1. The van der Waals surface area contributed by atoms with Gasteiger partial charge in [-0.05, 0) is 42.5 Å². The quantitative estimate of drug-likeness (QED) is 0.723. The summed E-state index contributed by atoms with van der Waals surface area (Å²) in [6.07, 6.45) is 3.51. The molecule has 0 radical (unpaired) electrons. The Kier molecular flexibility index (Phi) is 5.96. The first-order valence-electron chi connectivity index (χ1n) is 7.14. The van der Waals surface area contributed by atoms with Gasteiger partial charge >= 0.3 is 11.9 Å². The molecule has 6 heteroatoms. The fraction of sp³-hybridized carbons (Fsp3) is 0.111. The van der Waals surface area contributed by atoms with Gasteiger partial charge in [0.15, 0.2) is 0 Å². The molecule has 0 saturated carbocycles. The van der Waals surface area contributed by atoms with Gasteiger partial charge < -0.3 is 19.7 Å². The van der Waals surface area contributed by atoms with Gasteiger partial charge in [-0.15, -0.1) is 0 Å². The fourth-order valence-corrected chi connectivity index (χ4v) is 1.92. The number of benzene rings is 2. The smallest absolute Gasteiger partial charge is 0.336 e. The standard InChI is InChI=1S/C18H16O6/c19-17(20)15-9-8-14(12-16(15)18(21)22)24-11-5-4-10-23-13-6-2-1-3-7-13/h1-9,12H,10-11H2,(H,19,20)(H,21,22)/b5-4-. The monoisotopic (exact) mass is 328 g/mol. The van der Waals surface area contributed by atoms with Crippen LogP contribution in [-0.4, -0.2) is 35.4 Å². The molecule has 2 N–H and O–H groups in total. The SMILES string of the molecule is O=C(O)c1ccc(OC/C=C\COc2ccccc2)cc1C(=O)O. The van der Waals surface area contributed by atoms with E-state index in [-0.39, 0.29) is 23.5 Å². The van der Waals surface area contributed by atoms with E-state index in [1.54, 1.807) is 12.2 Å². The summed E-state index contributed by atoms with van der Waals surface area (Å²) in [5, 5.41) is 18.0. The van der Waals surface area contributed by atoms with E-state index in [2.05, 4.69) is 0 Å². The summed E-state index contributed by atoms with van der Waals surface area (Å²) in [4.78, 5) is 22.0. The Morgan fingerprint density at radius 2 is 1.38 bits per heavy atom. The van der Waals surface area contributed by atoms with Crippen molar-refractivity contribution < 1.29 is 29.3 Å². The molecule has 0 aliphatic rings. The van der Waals surface area contributed by atoms with Crippen molar-refractivity contribution in [3.8, 4) is 11.5 Å². The number of aromatic carboxylic acids is 2. The fourth-order valence-electron chi connectivity index (χ4n) is 1.92. The molecular weight excluding hydrogens is 312 g/mol. The predicted octanol–water partition coefficient (Wildman–Crippen LogP) is 3.10. The molecule has 0 saturated heterocycles. The van der Waals surface area contributed by atoms with E-state index in [9.17, 15) is 9.59 Å². The minimum absolute atomic E-state index is 0.212. The van der Waals surface area contributed by atoms with Crippen molar-refractivity contribution >= 4 is 11.9 Å². The van der Waals surface area contributed by atoms with Gasteiger partial charge in [-0.3, -0.25) is 0 Å². The van der Waals surface area contributed by atoms with Crippen LogP contribution in [0.2, 0.25) is 0 Å². The van der Waals surface area contributed by atoms with Crippen molar-refractivity contribution in [2.45, 2.75) is 0 Å². The number of carbonyl (C=O) groups is 2. The summed E-state index contributed by atoms with van der Waals surface area (Å²) < 4.78 is 10.9. The first kappa shape index (κ1) is 17.1. The van der Waals surface area contributed by atoms with Gasteiger partial charge in [0.25, 0.3) is 0 Å². The maximum absolute atomic E-state index is 11.1. The van der Waals surface area contributed by atoms with E-state index >= 15 is 0 Å². The zero-order chi connectivity index (χ0) is 17.4. The zero-order valence-electron chi connectivity index (χ0n) is 12.7. The molecule has 0 aliphatic carbocycles. The van der Waals surface area contributed by atoms with Crippen LogP contribution in [0.4, 0.5) is 0 Å². The van der Waals surface area contributed by atoms with Crippen LogP contribution < -0.4 is 9.47 Å². The van der Waals surface area contributed by atoms with Gasteiger partial charge in [-0.25, -0.2) is 9.59 Å². The molecule has 24 heavy (non-hydrogen) atoms. The van der Waals surface area contributed by atoms with Gasteiger partial charge in [0.2, 0.25) is 0 Å². The van der Waals surface area contributed by atoms with E-state index in [1.165, 1.54) is 18.2 Å². The molecule has 6 nitrogen and oxygen atoms in total. The molecule has 0 bridgehead atoms. The maximum Gasteiger partial charge on any atom is 0.336 e. The maximum atomic E-state index is 11.1. The van der Waals surface area contributed by atoms with E-state index < -0.39 is 11.9 Å². The van der Waals surface area contributed by atoms with Crippen molar-refractivity contribution in [2.24, 2.45) is 0 Å². The Morgan fingerprint density at radius 3 is 1.96 bits per heavy atom. The number of carboxylic acid groups (broad SMARTS) is 2. The highest BCUT2D eigenvalue weighted by Crippen LogP contribution is 2.18. The third-order valence-electron chi connectivity index (χ3n) is 3.05. The molecule has 0 aliphatic heterocycles. The van der Waals surface area contributed by atoms with Crippen LogP contribution in [0.25, 0.3) is 0 Å². The van der Waals surface area contributed by atoms with E-state index in [0.29, 0.717) is 6.61 Å². The molecule has 124 valence electrons. The van der Waals surface area contributed by atoms with Crippen LogP contribution in [-0.2, 0) is 0 Å².